The van der Waals surface area contributed by atoms with E-state index in [1.54, 1.807) is 12.1 Å². The van der Waals surface area contributed by atoms with Crippen LogP contribution >= 0.6 is 15.9 Å². The van der Waals surface area contributed by atoms with E-state index in [1.807, 2.05) is 44.2 Å². The number of carbonyl (C=O) groups is 1. The molecule has 0 amide bonds. The van der Waals surface area contributed by atoms with Crippen molar-refractivity contribution in [1.82, 2.24) is 0 Å². The van der Waals surface area contributed by atoms with Gasteiger partial charge in [-0.2, -0.15) is 0 Å². The zero-order valence-electron chi connectivity index (χ0n) is 13.7. The van der Waals surface area contributed by atoms with Crippen molar-refractivity contribution in [3.8, 4) is 5.75 Å². The molecule has 0 heterocycles. The average molecular weight is 394 g/mol. The predicted octanol–water partition coefficient (Wildman–Crippen LogP) is 5.31. The molecule has 0 saturated heterocycles. The third-order valence-electron chi connectivity index (χ3n) is 3.14. The van der Waals surface area contributed by atoms with Crippen LogP contribution in [0, 0.1) is 10.1 Å². The van der Waals surface area contributed by atoms with Gasteiger partial charge < -0.3 is 4.74 Å². The molecule has 0 aliphatic rings. The number of carbonyl (C=O) groups excluding carboxylic acids is 1. The zero-order valence-corrected chi connectivity index (χ0v) is 15.3. The number of halogens is 1. The Hall–Kier alpha value is -2.21. The van der Waals surface area contributed by atoms with Crippen LogP contribution in [0.25, 0.3) is 0 Å². The predicted molar refractivity (Wildman–Crippen MR) is 97.2 cm³/mol. The van der Waals surface area contributed by atoms with Gasteiger partial charge in [-0.15, -0.1) is 0 Å². The number of hydrogen-bond donors (Lipinski definition) is 0. The molecule has 128 valence electrons. The third-order valence-corrected chi connectivity index (χ3v) is 3.64. The van der Waals surface area contributed by atoms with Crippen LogP contribution in [0.4, 0.5) is 5.69 Å². The molecule has 0 aromatic heterocycles. The summed E-state index contributed by atoms with van der Waals surface area (Å²) in [7, 11) is 0. The number of ketones is 1. The van der Waals surface area contributed by atoms with Gasteiger partial charge in [0, 0.05) is 23.4 Å². The highest BCUT2D eigenvalue weighted by Gasteiger charge is 2.15. The van der Waals surface area contributed by atoms with Crippen LogP contribution in [-0.4, -0.2) is 10.7 Å². The van der Waals surface area contributed by atoms with Crippen LogP contribution in [0.2, 0.25) is 0 Å². The maximum Gasteiger partial charge on any atom is 0.312 e. The molecule has 2 rings (SSSR count). The molecular weight excluding hydrogens is 374 g/mol. The standard InChI is InChI=1S/C13H10BrNO3.C5H10O/c14-11-6-7-13(12(8-11)15(16)17)18-9-10-4-2-1-3-5-10;1-3-5(6)4-2/h1-8H,9H2;3-4H2,1-2H3. The minimum absolute atomic E-state index is 0.0414. The summed E-state index contributed by atoms with van der Waals surface area (Å²) in [5, 5.41) is 10.9. The van der Waals surface area contributed by atoms with E-state index in [2.05, 4.69) is 15.9 Å². The first-order valence-electron chi connectivity index (χ1n) is 7.60. The second kappa shape index (κ2) is 10.5. The summed E-state index contributed by atoms with van der Waals surface area (Å²) >= 11 is 3.20. The molecule has 0 atom stereocenters. The fraction of sp³-hybridized carbons (Fsp3) is 0.278. The van der Waals surface area contributed by atoms with Gasteiger partial charge in [-0.25, -0.2) is 0 Å². The Morgan fingerprint density at radius 1 is 1.12 bits per heavy atom. The highest BCUT2D eigenvalue weighted by molar-refractivity contribution is 9.10. The molecule has 0 N–H and O–H groups in total. The molecule has 0 unspecified atom stereocenters. The van der Waals surface area contributed by atoms with Gasteiger partial charge in [-0.3, -0.25) is 14.9 Å². The molecule has 0 saturated carbocycles. The summed E-state index contributed by atoms with van der Waals surface area (Å²) in [6, 6.07) is 14.3. The third kappa shape index (κ3) is 6.91. The Morgan fingerprint density at radius 2 is 1.75 bits per heavy atom. The van der Waals surface area contributed by atoms with Crippen LogP contribution in [0.1, 0.15) is 32.3 Å². The molecule has 0 aliphatic heterocycles. The fourth-order valence-corrected chi connectivity index (χ4v) is 2.09. The van der Waals surface area contributed by atoms with Crippen molar-refractivity contribution < 1.29 is 14.5 Å². The summed E-state index contributed by atoms with van der Waals surface area (Å²) in [5.74, 6) is 0.613. The van der Waals surface area contributed by atoms with E-state index in [4.69, 9.17) is 4.74 Å². The summed E-state index contributed by atoms with van der Waals surface area (Å²) in [6.07, 6.45) is 1.38. The minimum atomic E-state index is -0.453. The Morgan fingerprint density at radius 3 is 2.25 bits per heavy atom. The first-order valence-corrected chi connectivity index (χ1v) is 8.39. The number of nitrogens with zero attached hydrogens (tertiary/aromatic N) is 1. The second-order valence-corrected chi connectivity index (χ2v) is 5.80. The molecule has 24 heavy (non-hydrogen) atoms. The van der Waals surface area contributed by atoms with Crippen LogP contribution in [0.3, 0.4) is 0 Å². The lowest BCUT2D eigenvalue weighted by molar-refractivity contribution is -0.386. The highest BCUT2D eigenvalue weighted by Crippen LogP contribution is 2.30. The van der Waals surface area contributed by atoms with Crippen molar-refractivity contribution >= 4 is 27.4 Å². The lowest BCUT2D eigenvalue weighted by Gasteiger charge is -2.06. The largest absolute Gasteiger partial charge is 0.482 e. The van der Waals surface area contributed by atoms with Crippen LogP contribution in [-0.2, 0) is 11.4 Å². The first kappa shape index (κ1) is 19.8. The minimum Gasteiger partial charge on any atom is -0.482 e. The zero-order chi connectivity index (χ0) is 17.9. The molecule has 2 aromatic carbocycles. The number of benzene rings is 2. The molecule has 0 radical (unpaired) electrons. The number of ether oxygens (including phenoxy) is 1. The Balaban J connectivity index is 0.000000413. The van der Waals surface area contributed by atoms with Crippen LogP contribution in [0.15, 0.2) is 53.0 Å². The van der Waals surface area contributed by atoms with Gasteiger partial charge in [-0.1, -0.05) is 60.1 Å². The smallest absolute Gasteiger partial charge is 0.312 e. The van der Waals surface area contributed by atoms with Gasteiger partial charge in [0.15, 0.2) is 5.75 Å². The van der Waals surface area contributed by atoms with Crippen molar-refractivity contribution in [2.75, 3.05) is 0 Å². The van der Waals surface area contributed by atoms with Crippen LogP contribution < -0.4 is 4.74 Å². The van der Waals surface area contributed by atoms with Gasteiger partial charge in [0.2, 0.25) is 0 Å². The van der Waals surface area contributed by atoms with Crippen molar-refractivity contribution in [3.63, 3.8) is 0 Å². The Bertz CT molecular complexity index is 668. The topological polar surface area (TPSA) is 69.4 Å². The van der Waals surface area contributed by atoms with E-state index >= 15 is 0 Å². The van der Waals surface area contributed by atoms with E-state index < -0.39 is 4.92 Å². The van der Waals surface area contributed by atoms with E-state index in [-0.39, 0.29) is 11.4 Å². The molecule has 0 bridgehead atoms. The maximum atomic E-state index is 10.9. The Kier molecular flexibility index (Phi) is 8.71. The van der Waals surface area contributed by atoms with Gasteiger partial charge >= 0.3 is 5.69 Å². The van der Waals surface area contributed by atoms with Gasteiger partial charge in [0.1, 0.15) is 12.4 Å². The molecule has 5 nitrogen and oxygen atoms in total. The van der Waals surface area contributed by atoms with Gasteiger partial charge in [-0.05, 0) is 17.7 Å². The summed E-state index contributed by atoms with van der Waals surface area (Å²) < 4.78 is 6.13. The quantitative estimate of drug-likeness (QED) is 0.492. The van der Waals surface area contributed by atoms with E-state index in [1.165, 1.54) is 6.07 Å². The van der Waals surface area contributed by atoms with Crippen molar-refractivity contribution in [3.05, 3.63) is 68.7 Å². The lowest BCUT2D eigenvalue weighted by atomic mass is 10.2. The molecule has 2 aromatic rings. The van der Waals surface area contributed by atoms with E-state index in [9.17, 15) is 14.9 Å². The highest BCUT2D eigenvalue weighted by atomic mass is 79.9. The number of hydrogen-bond acceptors (Lipinski definition) is 4. The first-order chi connectivity index (χ1) is 11.5. The molecule has 0 fully saturated rings. The number of nitro groups is 1. The number of Topliss-reactive ketones (excluding diaryl/α,β-unsaturated/α-hetero) is 1. The molecule has 0 aliphatic carbocycles. The second-order valence-electron chi connectivity index (χ2n) is 4.89. The number of nitro benzene ring substituents is 1. The monoisotopic (exact) mass is 393 g/mol. The maximum absolute atomic E-state index is 10.9. The van der Waals surface area contributed by atoms with Crippen molar-refractivity contribution in [1.29, 1.82) is 0 Å². The summed E-state index contributed by atoms with van der Waals surface area (Å²) in [4.78, 5) is 20.6. The van der Waals surface area contributed by atoms with Crippen molar-refractivity contribution in [2.24, 2.45) is 0 Å². The van der Waals surface area contributed by atoms with Gasteiger partial charge in [0.05, 0.1) is 4.92 Å². The lowest BCUT2D eigenvalue weighted by Crippen LogP contribution is -1.98. The fourth-order valence-electron chi connectivity index (χ4n) is 1.74. The van der Waals surface area contributed by atoms with Gasteiger partial charge in [0.25, 0.3) is 0 Å². The normalized spacial score (nSPS) is 9.62. The molecule has 0 spiro atoms. The van der Waals surface area contributed by atoms with Crippen molar-refractivity contribution in [2.45, 2.75) is 33.3 Å². The molecular formula is C18H20BrNO4. The van der Waals surface area contributed by atoms with E-state index in [0.717, 1.165) is 5.56 Å². The Labute approximate surface area is 149 Å². The van der Waals surface area contributed by atoms with Crippen LogP contribution in [0.5, 0.6) is 5.75 Å². The van der Waals surface area contributed by atoms with E-state index in [0.29, 0.717) is 29.7 Å². The summed E-state index contributed by atoms with van der Waals surface area (Å²) in [6.45, 7) is 4.07. The average Bonchev–Trinajstić information content (AvgIpc) is 2.61. The SMILES string of the molecule is CCC(=O)CC.O=[N+]([O-])c1cc(Br)ccc1OCc1ccccc1. The number of rotatable bonds is 6. The summed E-state index contributed by atoms with van der Waals surface area (Å²) in [5.41, 5.74) is 0.926. The molecule has 6 heteroatoms.